The molecule has 0 radical (unpaired) electrons. The van der Waals surface area contributed by atoms with Crippen LogP contribution < -0.4 is 0 Å². The van der Waals surface area contributed by atoms with E-state index in [2.05, 4.69) is 13.2 Å². The first-order chi connectivity index (χ1) is 7.97. The van der Waals surface area contributed by atoms with Crippen molar-refractivity contribution < 1.29 is 19.1 Å². The molecule has 0 saturated carbocycles. The zero-order valence-electron chi connectivity index (χ0n) is 10.5. The first kappa shape index (κ1) is 15.4. The summed E-state index contributed by atoms with van der Waals surface area (Å²) >= 11 is 0. The van der Waals surface area contributed by atoms with Crippen LogP contribution in [0.5, 0.6) is 0 Å². The molecule has 4 heteroatoms. The van der Waals surface area contributed by atoms with Gasteiger partial charge in [0.15, 0.2) is 0 Å². The summed E-state index contributed by atoms with van der Waals surface area (Å²) in [4.78, 5) is 22.1. The zero-order valence-corrected chi connectivity index (χ0v) is 10.5. The van der Waals surface area contributed by atoms with Crippen LogP contribution >= 0.6 is 0 Å². The molecule has 0 heterocycles. The van der Waals surface area contributed by atoms with Crippen molar-refractivity contribution in [2.24, 2.45) is 0 Å². The summed E-state index contributed by atoms with van der Waals surface area (Å²) in [5.74, 6) is -0.935. The maximum Gasteiger partial charge on any atom is 0.330 e. The highest BCUT2D eigenvalue weighted by molar-refractivity contribution is 5.81. The highest BCUT2D eigenvalue weighted by Crippen LogP contribution is 2.22. The van der Waals surface area contributed by atoms with Crippen LogP contribution in [0.3, 0.4) is 0 Å². The van der Waals surface area contributed by atoms with Gasteiger partial charge in [-0.3, -0.25) is 0 Å². The van der Waals surface area contributed by atoms with Gasteiger partial charge < -0.3 is 9.47 Å². The van der Waals surface area contributed by atoms with E-state index in [0.717, 1.165) is 18.6 Å². The highest BCUT2D eigenvalue weighted by atomic mass is 16.6. The lowest BCUT2D eigenvalue weighted by Crippen LogP contribution is -2.32. The molecule has 0 amide bonds. The van der Waals surface area contributed by atoms with Gasteiger partial charge in [0.25, 0.3) is 0 Å². The Bertz CT molecular complexity index is 296. The molecule has 17 heavy (non-hydrogen) atoms. The third-order valence-electron chi connectivity index (χ3n) is 2.33. The second kappa shape index (κ2) is 7.65. The Morgan fingerprint density at radius 3 is 2.24 bits per heavy atom. The molecule has 0 spiro atoms. The molecule has 1 atom stereocenters. The molecule has 0 aliphatic carbocycles. The Balaban J connectivity index is 4.29. The SMILES string of the molecule is C=CC(=O)OCCC(C)(CCC)OC(=O)C=C. The molecule has 1 unspecified atom stereocenters. The van der Waals surface area contributed by atoms with Gasteiger partial charge in [-0.1, -0.05) is 26.5 Å². The maximum absolute atomic E-state index is 11.2. The van der Waals surface area contributed by atoms with Crippen LogP contribution in [0.1, 0.15) is 33.1 Å². The molecule has 0 aliphatic heterocycles. The molecular weight excluding hydrogens is 220 g/mol. The fourth-order valence-corrected chi connectivity index (χ4v) is 1.47. The largest absolute Gasteiger partial charge is 0.462 e. The quantitative estimate of drug-likeness (QED) is 0.483. The fourth-order valence-electron chi connectivity index (χ4n) is 1.47. The Morgan fingerprint density at radius 1 is 1.18 bits per heavy atom. The van der Waals surface area contributed by atoms with E-state index in [0.29, 0.717) is 12.8 Å². The van der Waals surface area contributed by atoms with Crippen molar-refractivity contribution >= 4 is 11.9 Å². The van der Waals surface area contributed by atoms with Crippen LogP contribution in [0.4, 0.5) is 0 Å². The van der Waals surface area contributed by atoms with Gasteiger partial charge in [-0.2, -0.15) is 0 Å². The van der Waals surface area contributed by atoms with E-state index in [1.165, 1.54) is 0 Å². The minimum Gasteiger partial charge on any atom is -0.462 e. The van der Waals surface area contributed by atoms with E-state index in [4.69, 9.17) is 9.47 Å². The number of ether oxygens (including phenoxy) is 2. The normalized spacial score (nSPS) is 13.3. The summed E-state index contributed by atoms with van der Waals surface area (Å²) in [5.41, 5.74) is -0.624. The topological polar surface area (TPSA) is 52.6 Å². The van der Waals surface area contributed by atoms with Crippen LogP contribution in [0.25, 0.3) is 0 Å². The van der Waals surface area contributed by atoms with Crippen LogP contribution in [0.15, 0.2) is 25.3 Å². The number of hydrogen-bond acceptors (Lipinski definition) is 4. The highest BCUT2D eigenvalue weighted by Gasteiger charge is 2.27. The molecule has 0 N–H and O–H groups in total. The van der Waals surface area contributed by atoms with E-state index in [-0.39, 0.29) is 6.61 Å². The van der Waals surface area contributed by atoms with Gasteiger partial charge in [-0.25, -0.2) is 9.59 Å². The fraction of sp³-hybridized carbons (Fsp3) is 0.538. The molecule has 0 bridgehead atoms. The standard InChI is InChI=1S/C13H20O4/c1-5-8-13(4,17-12(15)7-3)9-10-16-11(14)6-2/h6-7H,2-3,5,8-10H2,1,4H3. The maximum atomic E-state index is 11.2. The molecule has 0 aromatic carbocycles. The average Bonchev–Trinajstić information content (AvgIpc) is 2.28. The summed E-state index contributed by atoms with van der Waals surface area (Å²) in [5, 5.41) is 0. The first-order valence-corrected chi connectivity index (χ1v) is 5.62. The summed E-state index contributed by atoms with van der Waals surface area (Å²) in [7, 11) is 0. The molecule has 0 fully saturated rings. The van der Waals surface area contributed by atoms with Crippen molar-refractivity contribution in [2.45, 2.75) is 38.7 Å². The lowest BCUT2D eigenvalue weighted by atomic mass is 9.96. The van der Waals surface area contributed by atoms with E-state index in [1.54, 1.807) is 0 Å². The molecule has 0 rings (SSSR count). The smallest absolute Gasteiger partial charge is 0.330 e. The summed E-state index contributed by atoms with van der Waals surface area (Å²) in [6.07, 6.45) is 4.27. The predicted molar refractivity (Wildman–Crippen MR) is 65.4 cm³/mol. The Labute approximate surface area is 102 Å². The van der Waals surface area contributed by atoms with Crippen molar-refractivity contribution in [2.75, 3.05) is 6.61 Å². The van der Waals surface area contributed by atoms with Crippen LogP contribution in [0.2, 0.25) is 0 Å². The molecule has 4 nitrogen and oxygen atoms in total. The average molecular weight is 240 g/mol. The lowest BCUT2D eigenvalue weighted by molar-refractivity contribution is -0.155. The number of carbonyl (C=O) groups is 2. The van der Waals surface area contributed by atoms with E-state index in [1.807, 2.05) is 13.8 Å². The van der Waals surface area contributed by atoms with Crippen molar-refractivity contribution in [3.8, 4) is 0 Å². The number of rotatable bonds is 8. The van der Waals surface area contributed by atoms with E-state index in [9.17, 15) is 9.59 Å². The lowest BCUT2D eigenvalue weighted by Gasteiger charge is -2.28. The second-order valence-electron chi connectivity index (χ2n) is 3.95. The monoisotopic (exact) mass is 240 g/mol. The molecular formula is C13H20O4. The minimum absolute atomic E-state index is 0.200. The summed E-state index contributed by atoms with van der Waals surface area (Å²) < 4.78 is 10.1. The Hall–Kier alpha value is -1.58. The van der Waals surface area contributed by atoms with E-state index >= 15 is 0 Å². The third kappa shape index (κ3) is 6.56. The Morgan fingerprint density at radius 2 is 1.76 bits per heavy atom. The molecule has 0 aromatic heterocycles. The summed E-state index contributed by atoms with van der Waals surface area (Å²) in [6.45, 7) is 10.7. The van der Waals surface area contributed by atoms with Crippen LogP contribution in [0, 0.1) is 0 Å². The van der Waals surface area contributed by atoms with Crippen molar-refractivity contribution in [3.05, 3.63) is 25.3 Å². The summed E-state index contributed by atoms with van der Waals surface area (Å²) in [6, 6.07) is 0. The number of carbonyl (C=O) groups excluding carboxylic acids is 2. The van der Waals surface area contributed by atoms with Gasteiger partial charge in [0.2, 0.25) is 0 Å². The van der Waals surface area contributed by atoms with Gasteiger partial charge in [0.1, 0.15) is 5.60 Å². The van der Waals surface area contributed by atoms with Gasteiger partial charge in [-0.15, -0.1) is 0 Å². The van der Waals surface area contributed by atoms with Crippen molar-refractivity contribution in [1.29, 1.82) is 0 Å². The second-order valence-corrected chi connectivity index (χ2v) is 3.95. The van der Waals surface area contributed by atoms with Gasteiger partial charge in [0.05, 0.1) is 6.61 Å². The van der Waals surface area contributed by atoms with Gasteiger partial charge in [0, 0.05) is 18.6 Å². The molecule has 0 aromatic rings. The third-order valence-corrected chi connectivity index (χ3v) is 2.33. The molecule has 0 saturated heterocycles. The van der Waals surface area contributed by atoms with Crippen molar-refractivity contribution in [3.63, 3.8) is 0 Å². The van der Waals surface area contributed by atoms with Crippen molar-refractivity contribution in [1.82, 2.24) is 0 Å². The van der Waals surface area contributed by atoms with E-state index < -0.39 is 17.5 Å². The van der Waals surface area contributed by atoms with Gasteiger partial charge in [-0.05, 0) is 13.3 Å². The Kier molecular flexibility index (Phi) is 6.94. The predicted octanol–water partition coefficient (Wildman–Crippen LogP) is 2.39. The zero-order chi connectivity index (χ0) is 13.3. The number of esters is 2. The molecule has 0 aliphatic rings. The number of hydrogen-bond donors (Lipinski definition) is 0. The molecule has 96 valence electrons. The van der Waals surface area contributed by atoms with Crippen LogP contribution in [-0.2, 0) is 19.1 Å². The first-order valence-electron chi connectivity index (χ1n) is 5.62. The van der Waals surface area contributed by atoms with Gasteiger partial charge >= 0.3 is 11.9 Å². The minimum atomic E-state index is -0.624. The van der Waals surface area contributed by atoms with Crippen LogP contribution in [-0.4, -0.2) is 24.1 Å².